The van der Waals surface area contributed by atoms with Crippen LogP contribution in [0.5, 0.6) is 0 Å². The van der Waals surface area contributed by atoms with E-state index in [2.05, 4.69) is 0 Å². The molecule has 0 bridgehead atoms. The molecule has 1 heterocycles. The van der Waals surface area contributed by atoms with Crippen LogP contribution < -0.4 is 0 Å². The van der Waals surface area contributed by atoms with Crippen LogP contribution in [0.4, 0.5) is 0 Å². The van der Waals surface area contributed by atoms with Crippen molar-refractivity contribution in [2.45, 2.75) is 81.2 Å². The highest BCUT2D eigenvalue weighted by atomic mass is 16.2. The summed E-state index contributed by atoms with van der Waals surface area (Å²) in [5.74, 6) is -2.37. The Morgan fingerprint density at radius 2 is 1.50 bits per heavy atom. The fraction of sp³-hybridized carbons (Fsp3) is 0.750. The van der Waals surface area contributed by atoms with Gasteiger partial charge in [-0.1, -0.05) is 35.6 Å². The summed E-state index contributed by atoms with van der Waals surface area (Å²) in [5, 5.41) is 0. The van der Waals surface area contributed by atoms with Crippen molar-refractivity contribution in [3.63, 3.8) is 0 Å². The largest absolute Gasteiger partial charge is 0.300 e. The van der Waals surface area contributed by atoms with Crippen LogP contribution in [0.15, 0.2) is 0 Å². The number of amides is 2. The maximum Gasteiger partial charge on any atom is 0.233 e. The zero-order valence-corrected chi connectivity index (χ0v) is 15.1. The first-order chi connectivity index (χ1) is 11.1. The molecule has 4 atom stereocenters. The number of ketones is 3. The highest BCUT2D eigenvalue weighted by molar-refractivity contribution is 6.07. The Bertz CT molecular complexity index is 554. The van der Waals surface area contributed by atoms with Gasteiger partial charge in [0.15, 0.2) is 5.78 Å². The Hall–Kier alpha value is -1.85. The average Bonchev–Trinajstić information content (AvgIpc) is 2.80. The minimum atomic E-state index is -0.845. The van der Waals surface area contributed by atoms with Gasteiger partial charge in [0.05, 0.1) is 6.04 Å². The summed E-state index contributed by atoms with van der Waals surface area (Å²) >= 11 is 0. The summed E-state index contributed by atoms with van der Waals surface area (Å²) in [7, 11) is 0. The molecule has 2 amide bonds. The van der Waals surface area contributed by atoms with Gasteiger partial charge in [-0.15, -0.1) is 0 Å². The molecule has 6 heteroatoms. The van der Waals surface area contributed by atoms with E-state index in [0.29, 0.717) is 6.42 Å². The first kappa shape index (κ1) is 26.4. The number of rotatable bonds is 9. The normalized spacial score (nSPS) is 19.9. The van der Waals surface area contributed by atoms with Crippen LogP contribution in [-0.2, 0) is 24.0 Å². The minimum absolute atomic E-state index is 0. The van der Waals surface area contributed by atoms with E-state index in [4.69, 9.17) is 0 Å². The Labute approximate surface area is 157 Å². The number of carbonyl (C=O) groups excluding carboxylic acids is 5. The number of likely N-dealkylation sites (tertiary alicyclic amines) is 1. The molecule has 0 aromatic heterocycles. The lowest BCUT2D eigenvalue weighted by molar-refractivity contribution is -0.146. The lowest BCUT2D eigenvalue weighted by Gasteiger charge is -2.23. The molecule has 1 aliphatic rings. The van der Waals surface area contributed by atoms with Crippen molar-refractivity contribution in [2.75, 3.05) is 0 Å². The third-order valence-corrected chi connectivity index (χ3v) is 4.88. The van der Waals surface area contributed by atoms with Crippen molar-refractivity contribution >= 4 is 29.2 Å². The van der Waals surface area contributed by atoms with Crippen molar-refractivity contribution in [3.8, 4) is 0 Å². The Kier molecular flexibility index (Phi) is 11.1. The van der Waals surface area contributed by atoms with Crippen molar-refractivity contribution in [1.82, 2.24) is 4.90 Å². The standard InChI is InChI=1S/C18H27NO5.2CH4/c1-6-14-9-17(23)19(18(14)24)12(4)16(22)8-11(3)15(21)7-10(2)13(5)20;;/h10-12,14H,6-9H2,1-5H3;2*1H4. The van der Waals surface area contributed by atoms with Gasteiger partial charge in [-0.3, -0.25) is 28.9 Å². The van der Waals surface area contributed by atoms with Crippen LogP contribution in [0.25, 0.3) is 0 Å². The number of nitrogens with zero attached hydrogens (tertiary/aromatic N) is 1. The van der Waals surface area contributed by atoms with Gasteiger partial charge in [0.25, 0.3) is 0 Å². The number of carbonyl (C=O) groups is 5. The highest BCUT2D eigenvalue weighted by Crippen LogP contribution is 2.25. The van der Waals surface area contributed by atoms with Gasteiger partial charge < -0.3 is 0 Å². The highest BCUT2D eigenvalue weighted by Gasteiger charge is 2.42. The van der Waals surface area contributed by atoms with E-state index in [1.165, 1.54) is 13.8 Å². The number of Topliss-reactive ketones (excluding diaryl/α,β-unsaturated/α-hetero) is 3. The molecule has 0 spiro atoms. The van der Waals surface area contributed by atoms with Crippen LogP contribution in [0, 0.1) is 17.8 Å². The van der Waals surface area contributed by atoms with Gasteiger partial charge in [0.2, 0.25) is 11.8 Å². The van der Waals surface area contributed by atoms with Gasteiger partial charge in [0, 0.05) is 37.0 Å². The Morgan fingerprint density at radius 3 is 1.92 bits per heavy atom. The molecule has 1 rings (SSSR count). The molecule has 1 aliphatic heterocycles. The van der Waals surface area contributed by atoms with E-state index in [1.54, 1.807) is 13.8 Å². The molecule has 1 fully saturated rings. The molecule has 26 heavy (non-hydrogen) atoms. The van der Waals surface area contributed by atoms with E-state index in [9.17, 15) is 24.0 Å². The van der Waals surface area contributed by atoms with Crippen molar-refractivity contribution < 1.29 is 24.0 Å². The third-order valence-electron chi connectivity index (χ3n) is 4.88. The second kappa shape index (κ2) is 11.0. The molecular weight excluding hydrogens is 334 g/mol. The van der Waals surface area contributed by atoms with Crippen molar-refractivity contribution in [1.29, 1.82) is 0 Å². The zero-order chi connectivity index (χ0) is 18.6. The second-order valence-electron chi connectivity index (χ2n) is 6.84. The predicted molar refractivity (Wildman–Crippen MR) is 101 cm³/mol. The molecule has 0 aromatic rings. The Balaban J connectivity index is 0. The number of hydrogen-bond donors (Lipinski definition) is 0. The van der Waals surface area contributed by atoms with Gasteiger partial charge in [0.1, 0.15) is 11.6 Å². The molecular formula is C20H35NO5. The Morgan fingerprint density at radius 1 is 1.00 bits per heavy atom. The van der Waals surface area contributed by atoms with Crippen molar-refractivity contribution in [2.24, 2.45) is 17.8 Å². The van der Waals surface area contributed by atoms with E-state index in [0.717, 1.165) is 4.90 Å². The SMILES string of the molecule is C.C.CCC1CC(=O)N(C(C)C(=O)CC(C)C(=O)CC(C)C(C)=O)C1=O. The minimum Gasteiger partial charge on any atom is -0.300 e. The summed E-state index contributed by atoms with van der Waals surface area (Å²) in [5.41, 5.74) is 0. The number of hydrogen-bond acceptors (Lipinski definition) is 5. The monoisotopic (exact) mass is 369 g/mol. The second-order valence-corrected chi connectivity index (χ2v) is 6.84. The summed E-state index contributed by atoms with van der Waals surface area (Å²) in [6.45, 7) is 8.13. The van der Waals surface area contributed by atoms with E-state index >= 15 is 0 Å². The van der Waals surface area contributed by atoms with Gasteiger partial charge in [-0.2, -0.15) is 0 Å². The summed E-state index contributed by atoms with van der Waals surface area (Å²) in [4.78, 5) is 61.0. The molecule has 150 valence electrons. The summed E-state index contributed by atoms with van der Waals surface area (Å²) < 4.78 is 0. The van der Waals surface area contributed by atoms with Gasteiger partial charge >= 0.3 is 0 Å². The molecule has 0 radical (unpaired) electrons. The van der Waals surface area contributed by atoms with Crippen LogP contribution in [0.1, 0.15) is 75.2 Å². The first-order valence-corrected chi connectivity index (χ1v) is 8.51. The van der Waals surface area contributed by atoms with E-state index in [1.807, 2.05) is 6.92 Å². The molecule has 0 aromatic carbocycles. The zero-order valence-electron chi connectivity index (χ0n) is 15.1. The molecule has 4 unspecified atom stereocenters. The first-order valence-electron chi connectivity index (χ1n) is 8.51. The molecule has 0 N–H and O–H groups in total. The topological polar surface area (TPSA) is 88.6 Å². The molecule has 1 saturated heterocycles. The van der Waals surface area contributed by atoms with E-state index < -0.39 is 12.0 Å². The molecule has 0 aliphatic carbocycles. The van der Waals surface area contributed by atoms with Crippen LogP contribution in [0.2, 0.25) is 0 Å². The summed E-state index contributed by atoms with van der Waals surface area (Å²) in [6.07, 6.45) is 0.799. The quantitative estimate of drug-likeness (QED) is 0.582. The average molecular weight is 370 g/mol. The smallest absolute Gasteiger partial charge is 0.233 e. The maximum absolute atomic E-state index is 12.4. The van der Waals surface area contributed by atoms with Crippen LogP contribution in [0.3, 0.4) is 0 Å². The lowest BCUT2D eigenvalue weighted by Crippen LogP contribution is -2.44. The molecule has 0 saturated carbocycles. The molecule has 6 nitrogen and oxygen atoms in total. The van der Waals surface area contributed by atoms with Crippen molar-refractivity contribution in [3.05, 3.63) is 0 Å². The fourth-order valence-corrected chi connectivity index (χ4v) is 2.82. The maximum atomic E-state index is 12.4. The summed E-state index contributed by atoms with van der Waals surface area (Å²) in [6, 6.07) is -0.845. The third kappa shape index (κ3) is 6.15. The van der Waals surface area contributed by atoms with E-state index in [-0.39, 0.29) is 75.1 Å². The lowest BCUT2D eigenvalue weighted by atomic mass is 9.90. The fourth-order valence-electron chi connectivity index (χ4n) is 2.82. The van der Waals surface area contributed by atoms with Crippen LogP contribution in [-0.4, -0.2) is 40.1 Å². The van der Waals surface area contributed by atoms with Crippen LogP contribution >= 0.6 is 0 Å². The van der Waals surface area contributed by atoms with Gasteiger partial charge in [-0.25, -0.2) is 0 Å². The van der Waals surface area contributed by atoms with Gasteiger partial charge in [-0.05, 0) is 20.3 Å². The predicted octanol–water partition coefficient (Wildman–Crippen LogP) is 3.21. The number of imide groups is 1.